The Morgan fingerprint density at radius 3 is 2.04 bits per heavy atom. The van der Waals surface area contributed by atoms with E-state index in [-0.39, 0.29) is 44.7 Å². The molecule has 28 heavy (non-hydrogen) atoms. The zero-order valence-corrected chi connectivity index (χ0v) is 20.1. The van der Waals surface area contributed by atoms with Gasteiger partial charge in [0.15, 0.2) is 0 Å². The van der Waals surface area contributed by atoms with Crippen molar-refractivity contribution in [3.63, 3.8) is 0 Å². The molecule has 2 unspecified atom stereocenters. The van der Waals surface area contributed by atoms with E-state index < -0.39 is 0 Å². The number of carbonyl (C=O) groups is 1. The Kier molecular flexibility index (Phi) is 8.57. The summed E-state index contributed by atoms with van der Waals surface area (Å²) in [5, 5.41) is 0. The van der Waals surface area contributed by atoms with E-state index in [0.717, 1.165) is 6.42 Å². The van der Waals surface area contributed by atoms with E-state index in [9.17, 15) is 4.79 Å². The van der Waals surface area contributed by atoms with Gasteiger partial charge in [-0.15, -0.1) is 0 Å². The number of benzene rings is 1. The van der Waals surface area contributed by atoms with Crippen molar-refractivity contribution in [1.29, 1.82) is 0 Å². The summed E-state index contributed by atoms with van der Waals surface area (Å²) in [6.45, 7) is 16.4. The number of hydrogen-bond donors (Lipinski definition) is 0. The number of rotatable bonds is 9. The maximum atomic E-state index is 11.8. The molecule has 0 aromatic heterocycles. The third-order valence-corrected chi connectivity index (χ3v) is 9.27. The van der Waals surface area contributed by atoms with Crippen LogP contribution < -0.4 is 4.46 Å². The Balaban J connectivity index is 2.47. The molecule has 0 spiro atoms. The zero-order chi connectivity index (χ0) is 20.9. The topological polar surface area (TPSA) is 44.8 Å². The van der Waals surface area contributed by atoms with Crippen molar-refractivity contribution in [1.82, 2.24) is 0 Å². The molecular formula is C23H36O4Se. The second-order valence-electron chi connectivity index (χ2n) is 8.43. The summed E-state index contributed by atoms with van der Waals surface area (Å²) < 4.78 is 19.0. The molecular weight excluding hydrogens is 419 g/mol. The SMILES string of the molecule is CCO[C@H](C)c1cccc([C@@H](C)OCC)c1[Se]C(C1CCC(=O)O1)C(C)(C)C. The van der Waals surface area contributed by atoms with E-state index in [1.54, 1.807) is 0 Å². The first-order valence-electron chi connectivity index (χ1n) is 10.4. The van der Waals surface area contributed by atoms with Crippen LogP contribution in [-0.2, 0) is 19.0 Å². The fraction of sp³-hybridized carbons (Fsp3) is 0.696. The molecule has 1 fully saturated rings. The summed E-state index contributed by atoms with van der Waals surface area (Å²) in [7, 11) is 0. The summed E-state index contributed by atoms with van der Waals surface area (Å²) in [6.07, 6.45) is 1.41. The Labute approximate surface area is 176 Å². The third-order valence-electron chi connectivity index (χ3n) is 5.14. The van der Waals surface area contributed by atoms with Gasteiger partial charge >= 0.3 is 177 Å². The van der Waals surface area contributed by atoms with E-state index in [0.29, 0.717) is 24.5 Å². The van der Waals surface area contributed by atoms with E-state index in [4.69, 9.17) is 14.2 Å². The molecule has 0 bridgehead atoms. The standard InChI is InChI=1S/C23H36O4Se/c1-8-25-15(3)17-11-10-12-18(16(4)26-9-2)21(17)28-22(23(5,6)7)19-13-14-20(24)27-19/h10-12,15-16,19,22H,8-9,13-14H2,1-7H3/t15-,16-,19?,22?/m1/s1. The quantitative estimate of drug-likeness (QED) is 0.398. The molecule has 0 aliphatic carbocycles. The number of hydrogen-bond acceptors (Lipinski definition) is 4. The Bertz CT molecular complexity index is 622. The first-order valence-corrected chi connectivity index (χ1v) is 12.3. The van der Waals surface area contributed by atoms with E-state index in [2.05, 4.69) is 52.8 Å². The summed E-state index contributed by atoms with van der Waals surface area (Å²) in [5.74, 6) is -0.0612. The molecule has 0 radical (unpaired) electrons. The van der Waals surface area contributed by atoms with Gasteiger partial charge in [-0.05, 0) is 0 Å². The fourth-order valence-corrected chi connectivity index (χ4v) is 7.27. The number of esters is 1. The first-order chi connectivity index (χ1) is 13.2. The van der Waals surface area contributed by atoms with Crippen LogP contribution in [0.15, 0.2) is 18.2 Å². The van der Waals surface area contributed by atoms with Crippen molar-refractivity contribution in [3.05, 3.63) is 29.3 Å². The first kappa shape index (κ1) is 23.4. The van der Waals surface area contributed by atoms with Gasteiger partial charge in [-0.2, -0.15) is 0 Å². The maximum absolute atomic E-state index is 11.8. The van der Waals surface area contributed by atoms with Crippen LogP contribution in [0.5, 0.6) is 0 Å². The van der Waals surface area contributed by atoms with Crippen molar-refractivity contribution in [2.75, 3.05) is 13.2 Å². The second-order valence-corrected chi connectivity index (χ2v) is 10.8. The van der Waals surface area contributed by atoms with Gasteiger partial charge in [-0.1, -0.05) is 0 Å². The van der Waals surface area contributed by atoms with Gasteiger partial charge in [0.1, 0.15) is 0 Å². The van der Waals surface area contributed by atoms with Gasteiger partial charge in [0.05, 0.1) is 0 Å². The summed E-state index contributed by atoms with van der Waals surface area (Å²) in [4.78, 5) is 12.1. The van der Waals surface area contributed by atoms with Gasteiger partial charge in [0.25, 0.3) is 0 Å². The van der Waals surface area contributed by atoms with E-state index >= 15 is 0 Å². The number of cyclic esters (lactones) is 1. The van der Waals surface area contributed by atoms with Crippen LogP contribution in [-0.4, -0.2) is 40.2 Å². The van der Waals surface area contributed by atoms with Crippen LogP contribution >= 0.6 is 0 Å². The number of carbonyl (C=O) groups excluding carboxylic acids is 1. The Morgan fingerprint density at radius 2 is 1.64 bits per heavy atom. The predicted octanol–water partition coefficient (Wildman–Crippen LogP) is 4.75. The van der Waals surface area contributed by atoms with Gasteiger partial charge in [-0.25, -0.2) is 0 Å². The summed E-state index contributed by atoms with van der Waals surface area (Å²) >= 11 is 0.121. The van der Waals surface area contributed by atoms with Crippen LogP contribution in [0.2, 0.25) is 4.82 Å². The molecule has 1 aromatic rings. The van der Waals surface area contributed by atoms with Crippen LogP contribution in [0.1, 0.15) is 84.6 Å². The normalized spacial score (nSPS) is 20.7. The molecule has 0 N–H and O–H groups in total. The molecule has 1 aliphatic heterocycles. The summed E-state index contributed by atoms with van der Waals surface area (Å²) in [5.41, 5.74) is 2.53. The number of ether oxygens (including phenoxy) is 3. The Hall–Kier alpha value is -0.871. The van der Waals surface area contributed by atoms with Crippen molar-refractivity contribution in [3.8, 4) is 0 Å². The molecule has 4 atom stereocenters. The Morgan fingerprint density at radius 1 is 1.11 bits per heavy atom. The molecule has 2 rings (SSSR count). The average Bonchev–Trinajstić information content (AvgIpc) is 3.04. The minimum atomic E-state index is -0.0612. The molecule has 1 saturated heterocycles. The van der Waals surface area contributed by atoms with Gasteiger partial charge in [0.2, 0.25) is 0 Å². The molecule has 0 saturated carbocycles. The molecule has 1 heterocycles. The summed E-state index contributed by atoms with van der Waals surface area (Å²) in [6, 6.07) is 6.47. The molecule has 1 aliphatic rings. The molecule has 1 aromatic carbocycles. The molecule has 5 heteroatoms. The minimum absolute atomic E-state index is 0.00166. The van der Waals surface area contributed by atoms with Crippen LogP contribution in [0, 0.1) is 5.41 Å². The van der Waals surface area contributed by atoms with Crippen LogP contribution in [0.3, 0.4) is 0 Å². The van der Waals surface area contributed by atoms with Crippen LogP contribution in [0.4, 0.5) is 0 Å². The van der Waals surface area contributed by atoms with Gasteiger partial charge in [-0.3, -0.25) is 0 Å². The molecule has 158 valence electrons. The molecule has 4 nitrogen and oxygen atoms in total. The molecule has 0 amide bonds. The van der Waals surface area contributed by atoms with Crippen molar-refractivity contribution >= 4 is 25.4 Å². The fourth-order valence-electron chi connectivity index (χ4n) is 3.73. The third kappa shape index (κ3) is 5.82. The monoisotopic (exact) mass is 456 g/mol. The van der Waals surface area contributed by atoms with Gasteiger partial charge < -0.3 is 0 Å². The van der Waals surface area contributed by atoms with Crippen molar-refractivity contribution in [2.24, 2.45) is 5.41 Å². The van der Waals surface area contributed by atoms with E-state index in [1.165, 1.54) is 15.6 Å². The van der Waals surface area contributed by atoms with Crippen LogP contribution in [0.25, 0.3) is 0 Å². The van der Waals surface area contributed by atoms with Crippen molar-refractivity contribution < 1.29 is 19.0 Å². The van der Waals surface area contributed by atoms with Crippen molar-refractivity contribution in [2.45, 2.75) is 84.4 Å². The van der Waals surface area contributed by atoms with E-state index in [1.807, 2.05) is 13.8 Å². The average molecular weight is 455 g/mol. The predicted molar refractivity (Wildman–Crippen MR) is 114 cm³/mol. The second kappa shape index (κ2) is 10.2. The van der Waals surface area contributed by atoms with Gasteiger partial charge in [0, 0.05) is 0 Å². The zero-order valence-electron chi connectivity index (χ0n) is 18.4.